The minimum Gasteiger partial charge on any atom is -0.465 e. The second kappa shape index (κ2) is 10.2. The first-order valence-corrected chi connectivity index (χ1v) is 10.6. The molecule has 0 saturated carbocycles. The predicted octanol–water partition coefficient (Wildman–Crippen LogP) is 3.01. The van der Waals surface area contributed by atoms with Crippen LogP contribution in [0, 0.1) is 0 Å². The van der Waals surface area contributed by atoms with E-state index in [2.05, 4.69) is 9.46 Å². The van der Waals surface area contributed by atoms with Crippen LogP contribution in [0.3, 0.4) is 0 Å². The van der Waals surface area contributed by atoms with E-state index in [1.807, 2.05) is 13.8 Å². The van der Waals surface area contributed by atoms with Gasteiger partial charge in [0, 0.05) is 6.54 Å². The lowest BCUT2D eigenvalue weighted by atomic mass is 10.0. The Bertz CT molecular complexity index is 934. The summed E-state index contributed by atoms with van der Waals surface area (Å²) in [7, 11) is -2.38. The zero-order chi connectivity index (χ0) is 21.4. The van der Waals surface area contributed by atoms with Gasteiger partial charge in [-0.2, -0.15) is 0 Å². The highest BCUT2D eigenvalue weighted by atomic mass is 32.2. The van der Waals surface area contributed by atoms with E-state index in [9.17, 15) is 18.0 Å². The summed E-state index contributed by atoms with van der Waals surface area (Å²) in [6, 6.07) is 13.1. The Morgan fingerprint density at radius 1 is 1.00 bits per heavy atom. The lowest BCUT2D eigenvalue weighted by molar-refractivity contribution is -0.144. The van der Waals surface area contributed by atoms with Crippen LogP contribution in [0.4, 0.5) is 0 Å². The molecule has 0 spiro atoms. The summed E-state index contributed by atoms with van der Waals surface area (Å²) in [5, 5.41) is 0. The van der Waals surface area contributed by atoms with Gasteiger partial charge in [0.15, 0.2) is 0 Å². The Hall–Kier alpha value is -2.71. The Labute approximate surface area is 171 Å². The fourth-order valence-electron chi connectivity index (χ4n) is 2.49. The van der Waals surface area contributed by atoms with Crippen molar-refractivity contribution >= 4 is 22.0 Å². The molecule has 156 valence electrons. The molecule has 2 aromatic rings. The lowest BCUT2D eigenvalue weighted by Gasteiger charge is -2.09. The summed E-state index contributed by atoms with van der Waals surface area (Å²) in [5.41, 5.74) is 2.15. The number of nitrogens with one attached hydrogen (secondary N) is 1. The topological polar surface area (TPSA) is 98.8 Å². The van der Waals surface area contributed by atoms with Crippen LogP contribution in [0.2, 0.25) is 0 Å². The number of hydrogen-bond acceptors (Lipinski definition) is 6. The van der Waals surface area contributed by atoms with Crippen molar-refractivity contribution in [3.05, 3.63) is 65.2 Å². The smallest absolute Gasteiger partial charge is 0.337 e. The predicted molar refractivity (Wildman–Crippen MR) is 108 cm³/mol. The van der Waals surface area contributed by atoms with Crippen LogP contribution in [-0.2, 0) is 30.9 Å². The quantitative estimate of drug-likeness (QED) is 0.628. The molecule has 0 saturated heterocycles. The molecule has 7 nitrogen and oxygen atoms in total. The van der Waals surface area contributed by atoms with Gasteiger partial charge in [0.25, 0.3) is 0 Å². The van der Waals surface area contributed by atoms with Gasteiger partial charge < -0.3 is 9.47 Å². The Kier molecular flexibility index (Phi) is 7.92. The molecule has 0 atom stereocenters. The van der Waals surface area contributed by atoms with Crippen LogP contribution in [0.25, 0.3) is 0 Å². The van der Waals surface area contributed by atoms with Gasteiger partial charge >= 0.3 is 11.9 Å². The van der Waals surface area contributed by atoms with Crippen LogP contribution in [0.15, 0.2) is 53.4 Å². The molecule has 1 N–H and O–H groups in total. The van der Waals surface area contributed by atoms with E-state index < -0.39 is 22.0 Å². The van der Waals surface area contributed by atoms with Gasteiger partial charge in [-0.25, -0.2) is 17.9 Å². The third-order valence-corrected chi connectivity index (χ3v) is 5.73. The minimum atomic E-state index is -3.68. The summed E-state index contributed by atoms with van der Waals surface area (Å²) in [4.78, 5) is 23.4. The maximum atomic E-state index is 12.3. The zero-order valence-electron chi connectivity index (χ0n) is 16.7. The minimum absolute atomic E-state index is 0.0314. The normalized spacial score (nSPS) is 11.3. The molecule has 0 bridgehead atoms. The SMILES string of the molecule is COC(=O)c1ccc(COC(=O)CCNS(=O)(=O)c2ccc(C(C)C)cc2)cc1. The molecule has 29 heavy (non-hydrogen) atoms. The molecule has 0 heterocycles. The van der Waals surface area contributed by atoms with E-state index in [0.29, 0.717) is 17.0 Å². The molecule has 0 amide bonds. The average molecular weight is 419 g/mol. The van der Waals surface area contributed by atoms with Crippen LogP contribution < -0.4 is 4.72 Å². The lowest BCUT2D eigenvalue weighted by Crippen LogP contribution is -2.26. The summed E-state index contributed by atoms with van der Waals surface area (Å²) in [6.45, 7) is 4.03. The Morgan fingerprint density at radius 2 is 1.62 bits per heavy atom. The molecular weight excluding hydrogens is 394 g/mol. The van der Waals surface area contributed by atoms with Gasteiger partial charge in [-0.05, 0) is 41.3 Å². The van der Waals surface area contributed by atoms with Crippen molar-refractivity contribution in [2.45, 2.75) is 37.7 Å². The number of carbonyl (C=O) groups excluding carboxylic acids is 2. The van der Waals surface area contributed by atoms with Crippen LogP contribution in [0.5, 0.6) is 0 Å². The van der Waals surface area contributed by atoms with E-state index in [4.69, 9.17) is 4.74 Å². The Morgan fingerprint density at radius 3 is 2.17 bits per heavy atom. The van der Waals surface area contributed by atoms with Gasteiger partial charge in [-0.15, -0.1) is 0 Å². The highest BCUT2D eigenvalue weighted by Crippen LogP contribution is 2.17. The van der Waals surface area contributed by atoms with Gasteiger partial charge in [0.2, 0.25) is 10.0 Å². The first-order chi connectivity index (χ1) is 13.7. The first kappa shape index (κ1) is 22.6. The molecule has 2 aromatic carbocycles. The summed E-state index contributed by atoms with van der Waals surface area (Å²) in [5.74, 6) is -0.661. The van der Waals surface area contributed by atoms with E-state index in [1.54, 1.807) is 48.5 Å². The number of rotatable bonds is 9. The second-order valence-electron chi connectivity index (χ2n) is 6.72. The summed E-state index contributed by atoms with van der Waals surface area (Å²) < 4.78 is 36.7. The average Bonchev–Trinajstić information content (AvgIpc) is 2.72. The first-order valence-electron chi connectivity index (χ1n) is 9.15. The third-order valence-electron chi connectivity index (χ3n) is 4.25. The third kappa shape index (κ3) is 6.69. The van der Waals surface area contributed by atoms with Crippen molar-refractivity contribution in [2.24, 2.45) is 0 Å². The largest absolute Gasteiger partial charge is 0.465 e. The molecule has 0 aliphatic heterocycles. The fourth-order valence-corrected chi connectivity index (χ4v) is 3.53. The van der Waals surface area contributed by atoms with Crippen molar-refractivity contribution in [3.8, 4) is 0 Å². The second-order valence-corrected chi connectivity index (χ2v) is 8.49. The molecule has 0 fully saturated rings. The van der Waals surface area contributed by atoms with Gasteiger partial charge in [0.05, 0.1) is 24.0 Å². The highest BCUT2D eigenvalue weighted by Gasteiger charge is 2.15. The number of esters is 2. The maximum Gasteiger partial charge on any atom is 0.337 e. The Balaban J connectivity index is 1.79. The molecule has 2 rings (SSSR count). The summed E-state index contributed by atoms with van der Waals surface area (Å²) >= 11 is 0. The summed E-state index contributed by atoms with van der Waals surface area (Å²) in [6.07, 6.45) is -0.0937. The fraction of sp³-hybridized carbons (Fsp3) is 0.333. The number of ether oxygens (including phenoxy) is 2. The van der Waals surface area contributed by atoms with Crippen molar-refractivity contribution < 1.29 is 27.5 Å². The van der Waals surface area contributed by atoms with Gasteiger partial charge in [-0.1, -0.05) is 38.1 Å². The maximum absolute atomic E-state index is 12.3. The number of hydrogen-bond donors (Lipinski definition) is 1. The number of sulfonamides is 1. The van der Waals surface area contributed by atoms with Crippen molar-refractivity contribution in [3.63, 3.8) is 0 Å². The van der Waals surface area contributed by atoms with Gasteiger partial charge in [-0.3, -0.25) is 4.79 Å². The van der Waals surface area contributed by atoms with Crippen LogP contribution >= 0.6 is 0 Å². The molecule has 0 aliphatic rings. The highest BCUT2D eigenvalue weighted by molar-refractivity contribution is 7.89. The van der Waals surface area contributed by atoms with E-state index in [1.165, 1.54) is 7.11 Å². The molecular formula is C21H25NO6S. The van der Waals surface area contributed by atoms with Crippen molar-refractivity contribution in [1.82, 2.24) is 4.72 Å². The number of carbonyl (C=O) groups is 2. The van der Waals surface area contributed by atoms with Gasteiger partial charge in [0.1, 0.15) is 6.61 Å². The zero-order valence-corrected chi connectivity index (χ0v) is 17.5. The molecule has 8 heteroatoms. The molecule has 0 radical (unpaired) electrons. The van der Waals surface area contributed by atoms with E-state index in [-0.39, 0.29) is 24.5 Å². The molecule has 0 aromatic heterocycles. The standard InChI is InChI=1S/C21H25NO6S/c1-15(2)17-8-10-19(11-9-17)29(25,26)22-13-12-20(23)28-14-16-4-6-18(7-5-16)21(24)27-3/h4-11,15,22H,12-14H2,1-3H3. The van der Waals surface area contributed by atoms with Crippen molar-refractivity contribution in [1.29, 1.82) is 0 Å². The van der Waals surface area contributed by atoms with Crippen molar-refractivity contribution in [2.75, 3.05) is 13.7 Å². The van der Waals surface area contributed by atoms with Crippen LogP contribution in [0.1, 0.15) is 47.7 Å². The number of methoxy groups -OCH3 is 1. The molecule has 0 unspecified atom stereocenters. The van der Waals surface area contributed by atoms with Crippen LogP contribution in [-0.4, -0.2) is 34.0 Å². The molecule has 0 aliphatic carbocycles. The monoisotopic (exact) mass is 419 g/mol. The number of benzene rings is 2. The van der Waals surface area contributed by atoms with E-state index in [0.717, 1.165) is 5.56 Å². The van der Waals surface area contributed by atoms with E-state index >= 15 is 0 Å².